The number of nitrogens with one attached hydrogen (secondary N) is 1. The maximum absolute atomic E-state index is 11.6. The number of amides is 1. The van der Waals surface area contributed by atoms with Crippen molar-refractivity contribution in [2.75, 3.05) is 6.54 Å². The third-order valence-electron chi connectivity index (χ3n) is 2.50. The second-order valence-electron chi connectivity index (χ2n) is 5.78. The van der Waals surface area contributed by atoms with Crippen LogP contribution in [-0.2, 0) is 10.3 Å². The van der Waals surface area contributed by atoms with Crippen molar-refractivity contribution in [1.29, 1.82) is 0 Å². The van der Waals surface area contributed by atoms with Crippen molar-refractivity contribution in [2.45, 2.75) is 38.8 Å². The number of nitrogens with two attached hydrogens (primary N) is 1. The normalized spacial score (nSPS) is 14.6. The lowest BCUT2D eigenvalue weighted by molar-refractivity contribution is 0.0516. The molecule has 1 aromatic rings. The van der Waals surface area contributed by atoms with E-state index >= 15 is 0 Å². The summed E-state index contributed by atoms with van der Waals surface area (Å²) in [6, 6.07) is 7.24. The first-order valence-electron chi connectivity index (χ1n) is 6.12. The minimum Gasteiger partial charge on any atom is -0.444 e. The number of ether oxygens (including phenoxy) is 1. The molecule has 0 aliphatic heterocycles. The van der Waals surface area contributed by atoms with Gasteiger partial charge in [-0.05, 0) is 45.4 Å². The SMILES string of the molecule is CC(C)(C)OC(=O)NCC(C)(N)c1ccc(Cl)cc1. The fraction of sp³-hybridized carbons (Fsp3) is 0.500. The van der Waals surface area contributed by atoms with Crippen LogP contribution >= 0.6 is 11.6 Å². The summed E-state index contributed by atoms with van der Waals surface area (Å²) in [5.41, 5.74) is 5.89. The van der Waals surface area contributed by atoms with E-state index in [9.17, 15) is 4.79 Å². The Balaban J connectivity index is 2.60. The number of halogens is 1. The van der Waals surface area contributed by atoms with Gasteiger partial charge in [-0.2, -0.15) is 0 Å². The van der Waals surface area contributed by atoms with E-state index in [1.807, 2.05) is 39.8 Å². The first kappa shape index (κ1) is 15.8. The zero-order valence-electron chi connectivity index (χ0n) is 11.8. The van der Waals surface area contributed by atoms with Gasteiger partial charge in [0.1, 0.15) is 5.60 Å². The summed E-state index contributed by atoms with van der Waals surface area (Å²) in [4.78, 5) is 11.6. The molecule has 0 aliphatic carbocycles. The molecule has 0 aliphatic rings. The quantitative estimate of drug-likeness (QED) is 0.897. The smallest absolute Gasteiger partial charge is 0.407 e. The molecule has 1 aromatic carbocycles. The molecule has 1 rings (SSSR count). The Morgan fingerprint density at radius 2 is 1.79 bits per heavy atom. The summed E-state index contributed by atoms with van der Waals surface area (Å²) in [5, 5.41) is 3.33. The van der Waals surface area contributed by atoms with Gasteiger partial charge in [-0.1, -0.05) is 23.7 Å². The largest absolute Gasteiger partial charge is 0.444 e. The molecule has 5 heteroatoms. The van der Waals surface area contributed by atoms with Gasteiger partial charge in [0.2, 0.25) is 0 Å². The Morgan fingerprint density at radius 1 is 1.26 bits per heavy atom. The second kappa shape index (κ2) is 5.80. The number of carbonyl (C=O) groups excluding carboxylic acids is 1. The zero-order chi connectivity index (χ0) is 14.7. The van der Waals surface area contributed by atoms with Crippen molar-refractivity contribution >= 4 is 17.7 Å². The topological polar surface area (TPSA) is 64.3 Å². The van der Waals surface area contributed by atoms with Crippen LogP contribution in [0.4, 0.5) is 4.79 Å². The van der Waals surface area contributed by atoms with Gasteiger partial charge in [-0.25, -0.2) is 4.79 Å². The summed E-state index contributed by atoms with van der Waals surface area (Å²) in [6.07, 6.45) is -0.474. The van der Waals surface area contributed by atoms with E-state index in [0.717, 1.165) is 5.56 Å². The molecule has 0 saturated heterocycles. The van der Waals surface area contributed by atoms with E-state index < -0.39 is 17.2 Å². The van der Waals surface area contributed by atoms with Crippen molar-refractivity contribution in [3.8, 4) is 0 Å². The standard InChI is InChI=1S/C14H21ClN2O2/c1-13(2,3)19-12(18)17-9-14(4,16)10-5-7-11(15)8-6-10/h5-8H,9,16H2,1-4H3,(H,17,18). The van der Waals surface area contributed by atoms with Gasteiger partial charge >= 0.3 is 6.09 Å². The summed E-state index contributed by atoms with van der Waals surface area (Å²) in [6.45, 7) is 7.56. The van der Waals surface area contributed by atoms with E-state index in [1.165, 1.54) is 0 Å². The monoisotopic (exact) mass is 284 g/mol. The predicted molar refractivity (Wildman–Crippen MR) is 77.2 cm³/mol. The summed E-state index contributed by atoms with van der Waals surface area (Å²) >= 11 is 5.83. The molecule has 0 aromatic heterocycles. The lowest BCUT2D eigenvalue weighted by atomic mass is 9.93. The van der Waals surface area contributed by atoms with Crippen LogP contribution < -0.4 is 11.1 Å². The van der Waals surface area contributed by atoms with E-state index in [-0.39, 0.29) is 6.54 Å². The lowest BCUT2D eigenvalue weighted by Gasteiger charge is -2.27. The van der Waals surface area contributed by atoms with Gasteiger partial charge in [0.25, 0.3) is 0 Å². The number of benzene rings is 1. The molecule has 0 saturated carbocycles. The number of alkyl carbamates (subject to hydrolysis) is 1. The highest BCUT2D eigenvalue weighted by Gasteiger charge is 2.23. The van der Waals surface area contributed by atoms with Crippen LogP contribution in [0.3, 0.4) is 0 Å². The molecular weight excluding hydrogens is 264 g/mol. The summed E-state index contributed by atoms with van der Waals surface area (Å²) in [5.74, 6) is 0. The minimum absolute atomic E-state index is 0.281. The van der Waals surface area contributed by atoms with Crippen LogP contribution in [0.5, 0.6) is 0 Å². The van der Waals surface area contributed by atoms with Crippen LogP contribution in [0.25, 0.3) is 0 Å². The highest BCUT2D eigenvalue weighted by atomic mass is 35.5. The molecule has 0 radical (unpaired) electrons. The van der Waals surface area contributed by atoms with Gasteiger partial charge in [-0.3, -0.25) is 0 Å². The number of hydrogen-bond donors (Lipinski definition) is 2. The fourth-order valence-corrected chi connectivity index (χ4v) is 1.63. The Morgan fingerprint density at radius 3 is 2.26 bits per heavy atom. The fourth-order valence-electron chi connectivity index (χ4n) is 1.50. The van der Waals surface area contributed by atoms with Crippen molar-refractivity contribution < 1.29 is 9.53 Å². The third kappa shape index (κ3) is 5.49. The molecule has 0 bridgehead atoms. The minimum atomic E-state index is -0.679. The Kier molecular flexibility index (Phi) is 4.82. The summed E-state index contributed by atoms with van der Waals surface area (Å²) in [7, 11) is 0. The second-order valence-corrected chi connectivity index (χ2v) is 6.22. The predicted octanol–water partition coefficient (Wildman–Crippen LogP) is 3.04. The molecule has 3 N–H and O–H groups in total. The van der Waals surface area contributed by atoms with Crippen LogP contribution in [0.1, 0.15) is 33.3 Å². The van der Waals surface area contributed by atoms with E-state index in [0.29, 0.717) is 5.02 Å². The molecular formula is C14H21ClN2O2. The van der Waals surface area contributed by atoms with Crippen molar-refractivity contribution in [2.24, 2.45) is 5.73 Å². The van der Waals surface area contributed by atoms with Crippen molar-refractivity contribution in [3.05, 3.63) is 34.9 Å². The van der Waals surface area contributed by atoms with E-state index in [2.05, 4.69) is 5.32 Å². The van der Waals surface area contributed by atoms with Crippen molar-refractivity contribution in [3.63, 3.8) is 0 Å². The summed E-state index contributed by atoms with van der Waals surface area (Å²) < 4.78 is 5.16. The molecule has 106 valence electrons. The molecule has 4 nitrogen and oxygen atoms in total. The average molecular weight is 285 g/mol. The number of carbonyl (C=O) groups is 1. The lowest BCUT2D eigenvalue weighted by Crippen LogP contribution is -2.46. The van der Waals surface area contributed by atoms with Gasteiger partial charge in [0.15, 0.2) is 0 Å². The molecule has 0 fully saturated rings. The molecule has 1 amide bonds. The maximum atomic E-state index is 11.6. The Bertz CT molecular complexity index is 436. The van der Waals surface area contributed by atoms with E-state index in [4.69, 9.17) is 22.1 Å². The zero-order valence-corrected chi connectivity index (χ0v) is 12.5. The number of hydrogen-bond acceptors (Lipinski definition) is 3. The average Bonchev–Trinajstić information content (AvgIpc) is 2.25. The van der Waals surface area contributed by atoms with Gasteiger partial charge < -0.3 is 15.8 Å². The van der Waals surface area contributed by atoms with Gasteiger partial charge in [-0.15, -0.1) is 0 Å². The maximum Gasteiger partial charge on any atom is 0.407 e. The van der Waals surface area contributed by atoms with Crippen LogP contribution in [-0.4, -0.2) is 18.2 Å². The Hall–Kier alpha value is -1.26. The molecule has 19 heavy (non-hydrogen) atoms. The third-order valence-corrected chi connectivity index (χ3v) is 2.75. The molecule has 1 unspecified atom stereocenters. The molecule has 0 spiro atoms. The highest BCUT2D eigenvalue weighted by molar-refractivity contribution is 6.30. The van der Waals surface area contributed by atoms with Gasteiger partial charge in [0.05, 0.1) is 5.54 Å². The highest BCUT2D eigenvalue weighted by Crippen LogP contribution is 2.19. The first-order valence-corrected chi connectivity index (χ1v) is 6.50. The van der Waals surface area contributed by atoms with Gasteiger partial charge in [0, 0.05) is 11.6 Å². The first-order chi connectivity index (χ1) is 8.60. The van der Waals surface area contributed by atoms with E-state index in [1.54, 1.807) is 12.1 Å². The van der Waals surface area contributed by atoms with Crippen LogP contribution in [0, 0.1) is 0 Å². The molecule has 1 atom stereocenters. The van der Waals surface area contributed by atoms with Crippen LogP contribution in [0.2, 0.25) is 5.02 Å². The number of rotatable bonds is 3. The molecule has 0 heterocycles. The van der Waals surface area contributed by atoms with Crippen LogP contribution in [0.15, 0.2) is 24.3 Å². The Labute approximate surface area is 119 Å². The van der Waals surface area contributed by atoms with Crippen molar-refractivity contribution in [1.82, 2.24) is 5.32 Å².